The third kappa shape index (κ3) is 3.21. The highest BCUT2D eigenvalue weighted by Gasteiger charge is 2.19. The zero-order valence-corrected chi connectivity index (χ0v) is 11.2. The van der Waals surface area contributed by atoms with Crippen LogP contribution in [0.1, 0.15) is 38.5 Å². The van der Waals surface area contributed by atoms with Crippen LogP contribution in [0.4, 0.5) is 5.69 Å². The average molecular weight is 250 g/mol. The highest BCUT2D eigenvalue weighted by Crippen LogP contribution is 2.21. The van der Waals surface area contributed by atoms with Gasteiger partial charge in [-0.1, -0.05) is 0 Å². The summed E-state index contributed by atoms with van der Waals surface area (Å²) >= 11 is 0. The molecular weight excluding hydrogens is 228 g/mol. The zero-order chi connectivity index (χ0) is 13.0. The normalized spacial score (nSPS) is 18.9. The van der Waals surface area contributed by atoms with Gasteiger partial charge in [0.1, 0.15) is 0 Å². The van der Waals surface area contributed by atoms with E-state index in [1.54, 1.807) is 6.92 Å². The van der Waals surface area contributed by atoms with Crippen molar-refractivity contribution in [3.8, 4) is 0 Å². The third-order valence-electron chi connectivity index (χ3n) is 3.41. The van der Waals surface area contributed by atoms with E-state index in [-0.39, 0.29) is 0 Å². The van der Waals surface area contributed by atoms with Gasteiger partial charge in [0.2, 0.25) is 0 Å². The Morgan fingerprint density at radius 3 is 2.67 bits per heavy atom. The van der Waals surface area contributed by atoms with Crippen molar-refractivity contribution in [2.45, 2.75) is 38.9 Å². The second kappa shape index (κ2) is 6.16. The van der Waals surface area contributed by atoms with Gasteiger partial charge in [-0.25, -0.2) is 0 Å². The van der Waals surface area contributed by atoms with E-state index in [9.17, 15) is 5.11 Å². The average Bonchev–Trinajstić information content (AvgIpc) is 2.40. The molecule has 1 atom stereocenters. The predicted molar refractivity (Wildman–Crippen MR) is 71.7 cm³/mol. The molecule has 0 spiro atoms. The van der Waals surface area contributed by atoms with Gasteiger partial charge in [0.15, 0.2) is 0 Å². The Kier molecular flexibility index (Phi) is 4.55. The minimum Gasteiger partial charge on any atom is -0.387 e. The molecule has 1 unspecified atom stereocenters. The molecule has 4 heteroatoms. The second-order valence-corrected chi connectivity index (χ2v) is 4.76. The Hall–Kier alpha value is -1.13. The second-order valence-electron chi connectivity index (χ2n) is 4.76. The Labute approximate surface area is 109 Å². The summed E-state index contributed by atoms with van der Waals surface area (Å²) in [7, 11) is 0. The van der Waals surface area contributed by atoms with Crippen molar-refractivity contribution in [1.29, 1.82) is 0 Å². The standard InChI is InChI=1S/C14H22N2O2/c1-3-18-13-6-8-16(9-7-13)12-4-5-14(11(2)17)15-10-12/h4-5,10-11,13,17H,3,6-9H2,1-2H3. The molecule has 1 saturated heterocycles. The van der Waals surface area contributed by atoms with Crippen LogP contribution in [0.5, 0.6) is 0 Å². The summed E-state index contributed by atoms with van der Waals surface area (Å²) in [6, 6.07) is 3.94. The van der Waals surface area contributed by atoms with Gasteiger partial charge in [-0.3, -0.25) is 4.98 Å². The smallest absolute Gasteiger partial charge is 0.0931 e. The lowest BCUT2D eigenvalue weighted by molar-refractivity contribution is 0.0459. The van der Waals surface area contributed by atoms with Crippen LogP contribution in [0.3, 0.4) is 0 Å². The Bertz CT molecular complexity index is 357. The number of aliphatic hydroxyl groups is 1. The van der Waals surface area contributed by atoms with Gasteiger partial charge >= 0.3 is 0 Å². The number of anilines is 1. The van der Waals surface area contributed by atoms with Crippen molar-refractivity contribution >= 4 is 5.69 Å². The number of aromatic nitrogens is 1. The number of hydrogen-bond acceptors (Lipinski definition) is 4. The largest absolute Gasteiger partial charge is 0.387 e. The topological polar surface area (TPSA) is 45.6 Å². The molecule has 1 N–H and O–H groups in total. The van der Waals surface area contributed by atoms with Gasteiger partial charge in [0, 0.05) is 19.7 Å². The molecule has 2 heterocycles. The van der Waals surface area contributed by atoms with E-state index in [0.717, 1.165) is 43.9 Å². The van der Waals surface area contributed by atoms with Crippen LogP contribution in [0.2, 0.25) is 0 Å². The molecule has 1 aliphatic rings. The first-order valence-corrected chi connectivity index (χ1v) is 6.71. The van der Waals surface area contributed by atoms with Crippen molar-refractivity contribution in [1.82, 2.24) is 4.98 Å². The molecule has 1 aromatic heterocycles. The van der Waals surface area contributed by atoms with E-state index in [4.69, 9.17) is 4.74 Å². The molecule has 0 aromatic carbocycles. The van der Waals surface area contributed by atoms with Crippen LogP contribution in [0.25, 0.3) is 0 Å². The van der Waals surface area contributed by atoms with E-state index in [0.29, 0.717) is 6.10 Å². The number of aliphatic hydroxyl groups excluding tert-OH is 1. The van der Waals surface area contributed by atoms with Crippen molar-refractivity contribution in [3.63, 3.8) is 0 Å². The molecule has 1 aromatic rings. The molecule has 0 bridgehead atoms. The number of piperidine rings is 1. The predicted octanol–water partition coefficient (Wildman–Crippen LogP) is 2.14. The number of ether oxygens (including phenoxy) is 1. The molecule has 0 amide bonds. The molecule has 0 aliphatic carbocycles. The maximum Gasteiger partial charge on any atom is 0.0931 e. The molecule has 4 nitrogen and oxygen atoms in total. The lowest BCUT2D eigenvalue weighted by atomic mass is 10.1. The lowest BCUT2D eigenvalue weighted by Crippen LogP contribution is -2.37. The molecule has 1 aliphatic heterocycles. The first kappa shape index (κ1) is 13.3. The van der Waals surface area contributed by atoms with Crippen molar-refractivity contribution < 1.29 is 9.84 Å². The van der Waals surface area contributed by atoms with Crippen molar-refractivity contribution in [3.05, 3.63) is 24.0 Å². The molecule has 2 rings (SSSR count). The minimum absolute atomic E-state index is 0.413. The van der Waals surface area contributed by atoms with Crippen LogP contribution in [-0.2, 0) is 4.74 Å². The number of pyridine rings is 1. The molecule has 0 saturated carbocycles. The van der Waals surface area contributed by atoms with Gasteiger partial charge < -0.3 is 14.7 Å². The van der Waals surface area contributed by atoms with Gasteiger partial charge in [-0.15, -0.1) is 0 Å². The fourth-order valence-corrected chi connectivity index (χ4v) is 2.35. The maximum absolute atomic E-state index is 9.43. The molecular formula is C14H22N2O2. The molecule has 1 fully saturated rings. The van der Waals surface area contributed by atoms with E-state index in [1.165, 1.54) is 0 Å². The van der Waals surface area contributed by atoms with E-state index < -0.39 is 6.10 Å². The number of nitrogens with zero attached hydrogens (tertiary/aromatic N) is 2. The van der Waals surface area contributed by atoms with E-state index in [1.807, 2.05) is 25.3 Å². The summed E-state index contributed by atoms with van der Waals surface area (Å²) in [5.74, 6) is 0. The molecule has 0 radical (unpaired) electrons. The Morgan fingerprint density at radius 1 is 1.44 bits per heavy atom. The fraction of sp³-hybridized carbons (Fsp3) is 0.643. The van der Waals surface area contributed by atoms with Crippen LogP contribution in [0, 0.1) is 0 Å². The van der Waals surface area contributed by atoms with Crippen LogP contribution in [-0.4, -0.2) is 35.9 Å². The zero-order valence-electron chi connectivity index (χ0n) is 11.2. The first-order chi connectivity index (χ1) is 8.70. The molecule has 18 heavy (non-hydrogen) atoms. The summed E-state index contributed by atoms with van der Waals surface area (Å²) in [6.07, 6.45) is 3.92. The maximum atomic E-state index is 9.43. The Balaban J connectivity index is 1.93. The van der Waals surface area contributed by atoms with Gasteiger partial charge in [0.25, 0.3) is 0 Å². The van der Waals surface area contributed by atoms with E-state index in [2.05, 4.69) is 9.88 Å². The molecule has 100 valence electrons. The minimum atomic E-state index is -0.497. The summed E-state index contributed by atoms with van der Waals surface area (Å²) in [5.41, 5.74) is 1.86. The summed E-state index contributed by atoms with van der Waals surface area (Å²) < 4.78 is 5.64. The highest BCUT2D eigenvalue weighted by atomic mass is 16.5. The van der Waals surface area contributed by atoms with Gasteiger partial charge in [-0.2, -0.15) is 0 Å². The number of hydrogen-bond donors (Lipinski definition) is 1. The van der Waals surface area contributed by atoms with Crippen LogP contribution >= 0.6 is 0 Å². The number of rotatable bonds is 4. The van der Waals surface area contributed by atoms with E-state index >= 15 is 0 Å². The quantitative estimate of drug-likeness (QED) is 0.889. The van der Waals surface area contributed by atoms with Crippen LogP contribution < -0.4 is 4.90 Å². The summed E-state index contributed by atoms with van der Waals surface area (Å²) in [5, 5.41) is 9.43. The van der Waals surface area contributed by atoms with Gasteiger partial charge in [0.05, 0.1) is 29.8 Å². The van der Waals surface area contributed by atoms with Crippen molar-refractivity contribution in [2.75, 3.05) is 24.6 Å². The summed E-state index contributed by atoms with van der Waals surface area (Å²) in [4.78, 5) is 6.61. The summed E-state index contributed by atoms with van der Waals surface area (Å²) in [6.45, 7) is 6.61. The highest BCUT2D eigenvalue weighted by molar-refractivity contribution is 5.45. The SMILES string of the molecule is CCOC1CCN(c2ccc(C(C)O)nc2)CC1. The van der Waals surface area contributed by atoms with Crippen molar-refractivity contribution in [2.24, 2.45) is 0 Å². The van der Waals surface area contributed by atoms with Gasteiger partial charge in [-0.05, 0) is 38.8 Å². The fourth-order valence-electron chi connectivity index (χ4n) is 2.35. The first-order valence-electron chi connectivity index (χ1n) is 6.71. The monoisotopic (exact) mass is 250 g/mol. The lowest BCUT2D eigenvalue weighted by Gasteiger charge is -2.33. The Morgan fingerprint density at radius 2 is 2.17 bits per heavy atom. The van der Waals surface area contributed by atoms with Crippen LogP contribution in [0.15, 0.2) is 18.3 Å². The third-order valence-corrected chi connectivity index (χ3v) is 3.41.